The second-order valence-corrected chi connectivity index (χ2v) is 5.27. The van der Waals surface area contributed by atoms with Gasteiger partial charge in [-0.25, -0.2) is 0 Å². The van der Waals surface area contributed by atoms with Gasteiger partial charge in [0.15, 0.2) is 0 Å². The second kappa shape index (κ2) is 6.92. The molecular formula is C19H18N2O2. The predicted molar refractivity (Wildman–Crippen MR) is 91.7 cm³/mol. The van der Waals surface area contributed by atoms with Gasteiger partial charge in [-0.05, 0) is 48.4 Å². The molecule has 4 nitrogen and oxygen atoms in total. The van der Waals surface area contributed by atoms with E-state index in [1.807, 2.05) is 54.6 Å². The van der Waals surface area contributed by atoms with Gasteiger partial charge in [-0.3, -0.25) is 9.78 Å². The van der Waals surface area contributed by atoms with Crippen LogP contribution < -0.4 is 10.1 Å². The van der Waals surface area contributed by atoms with Gasteiger partial charge in [-0.1, -0.05) is 18.2 Å². The number of benzene rings is 2. The topological polar surface area (TPSA) is 51.2 Å². The number of anilines is 1. The van der Waals surface area contributed by atoms with E-state index < -0.39 is 0 Å². The maximum absolute atomic E-state index is 12.2. The third kappa shape index (κ3) is 3.66. The van der Waals surface area contributed by atoms with Gasteiger partial charge in [0.2, 0.25) is 5.91 Å². The lowest BCUT2D eigenvalue weighted by molar-refractivity contribution is -0.116. The molecule has 0 saturated carbocycles. The Balaban J connectivity index is 1.64. The molecule has 3 rings (SSSR count). The van der Waals surface area contributed by atoms with Crippen molar-refractivity contribution in [2.24, 2.45) is 0 Å². The van der Waals surface area contributed by atoms with Crippen molar-refractivity contribution in [1.82, 2.24) is 4.98 Å². The van der Waals surface area contributed by atoms with Crippen LogP contribution in [0.3, 0.4) is 0 Å². The molecule has 1 heterocycles. The number of amides is 1. The van der Waals surface area contributed by atoms with Crippen molar-refractivity contribution < 1.29 is 9.53 Å². The van der Waals surface area contributed by atoms with Gasteiger partial charge in [0.25, 0.3) is 0 Å². The number of rotatable bonds is 5. The van der Waals surface area contributed by atoms with Crippen molar-refractivity contribution in [1.29, 1.82) is 0 Å². The summed E-state index contributed by atoms with van der Waals surface area (Å²) in [6.45, 7) is 0. The Labute approximate surface area is 135 Å². The van der Waals surface area contributed by atoms with Crippen LogP contribution in [0.4, 0.5) is 5.69 Å². The van der Waals surface area contributed by atoms with Crippen LogP contribution in [0, 0.1) is 0 Å². The number of aromatic nitrogens is 1. The molecule has 0 radical (unpaired) electrons. The number of hydrogen-bond acceptors (Lipinski definition) is 3. The molecule has 0 saturated heterocycles. The maximum Gasteiger partial charge on any atom is 0.224 e. The highest BCUT2D eigenvalue weighted by Gasteiger charge is 2.06. The number of nitrogens with zero attached hydrogens (tertiary/aromatic N) is 1. The van der Waals surface area contributed by atoms with Crippen molar-refractivity contribution in [3.05, 3.63) is 66.4 Å². The quantitative estimate of drug-likeness (QED) is 0.779. The molecule has 23 heavy (non-hydrogen) atoms. The van der Waals surface area contributed by atoms with E-state index in [9.17, 15) is 4.79 Å². The van der Waals surface area contributed by atoms with Crippen LogP contribution in [0.2, 0.25) is 0 Å². The minimum atomic E-state index is -0.00262. The highest BCUT2D eigenvalue weighted by atomic mass is 16.5. The maximum atomic E-state index is 12.2. The highest BCUT2D eigenvalue weighted by molar-refractivity contribution is 6.00. The van der Waals surface area contributed by atoms with Crippen LogP contribution in [-0.2, 0) is 11.2 Å². The van der Waals surface area contributed by atoms with Crippen LogP contribution in [-0.4, -0.2) is 18.0 Å². The summed E-state index contributed by atoms with van der Waals surface area (Å²) in [5.74, 6) is 0.818. The van der Waals surface area contributed by atoms with E-state index in [0.29, 0.717) is 12.8 Å². The number of pyridine rings is 1. The number of methoxy groups -OCH3 is 1. The third-order valence-electron chi connectivity index (χ3n) is 3.72. The summed E-state index contributed by atoms with van der Waals surface area (Å²) in [6.07, 6.45) is 2.87. The van der Waals surface area contributed by atoms with Gasteiger partial charge in [-0.2, -0.15) is 0 Å². The summed E-state index contributed by atoms with van der Waals surface area (Å²) in [5, 5.41) is 3.93. The van der Waals surface area contributed by atoms with Gasteiger partial charge in [0.05, 0.1) is 18.3 Å². The minimum Gasteiger partial charge on any atom is -0.497 e. The number of aryl methyl sites for hydroxylation is 1. The van der Waals surface area contributed by atoms with E-state index in [2.05, 4.69) is 10.3 Å². The Morgan fingerprint density at radius 1 is 1.09 bits per heavy atom. The SMILES string of the molecule is COc1ccc(CCC(=O)Nc2cccc3ncccc23)cc1. The number of nitrogens with one attached hydrogen (secondary N) is 1. The van der Waals surface area contributed by atoms with Gasteiger partial charge in [-0.15, -0.1) is 0 Å². The van der Waals surface area contributed by atoms with Gasteiger partial charge < -0.3 is 10.1 Å². The molecule has 0 aliphatic carbocycles. The molecule has 2 aromatic carbocycles. The van der Waals surface area contributed by atoms with Crippen LogP contribution in [0.15, 0.2) is 60.8 Å². The predicted octanol–water partition coefficient (Wildman–Crippen LogP) is 3.81. The van der Waals surface area contributed by atoms with Gasteiger partial charge in [0, 0.05) is 18.0 Å². The van der Waals surface area contributed by atoms with Crippen molar-refractivity contribution in [2.45, 2.75) is 12.8 Å². The van der Waals surface area contributed by atoms with Crippen molar-refractivity contribution in [3.8, 4) is 5.75 Å². The first-order chi connectivity index (χ1) is 11.3. The normalized spacial score (nSPS) is 10.5. The van der Waals surface area contributed by atoms with Crippen molar-refractivity contribution in [3.63, 3.8) is 0 Å². The Kier molecular flexibility index (Phi) is 4.52. The third-order valence-corrected chi connectivity index (χ3v) is 3.72. The van der Waals surface area contributed by atoms with E-state index >= 15 is 0 Å². The summed E-state index contributed by atoms with van der Waals surface area (Å²) < 4.78 is 5.13. The van der Waals surface area contributed by atoms with E-state index in [1.165, 1.54) is 0 Å². The molecule has 0 atom stereocenters. The first-order valence-electron chi connectivity index (χ1n) is 7.53. The zero-order valence-corrected chi connectivity index (χ0v) is 13.0. The fourth-order valence-electron chi connectivity index (χ4n) is 2.48. The molecule has 0 bridgehead atoms. The second-order valence-electron chi connectivity index (χ2n) is 5.27. The van der Waals surface area contributed by atoms with Crippen LogP contribution in [0.5, 0.6) is 5.75 Å². The minimum absolute atomic E-state index is 0.00262. The van der Waals surface area contributed by atoms with Gasteiger partial charge >= 0.3 is 0 Å². The Morgan fingerprint density at radius 2 is 1.91 bits per heavy atom. The lowest BCUT2D eigenvalue weighted by atomic mass is 10.1. The summed E-state index contributed by atoms with van der Waals surface area (Å²) in [7, 11) is 1.64. The molecule has 0 fully saturated rings. The number of carbonyl (C=O) groups excluding carboxylic acids is 1. The zero-order chi connectivity index (χ0) is 16.1. The van der Waals surface area contributed by atoms with E-state index in [4.69, 9.17) is 4.74 Å². The fourth-order valence-corrected chi connectivity index (χ4v) is 2.48. The molecular weight excluding hydrogens is 288 g/mol. The smallest absolute Gasteiger partial charge is 0.224 e. The molecule has 0 aliphatic rings. The summed E-state index contributed by atoms with van der Waals surface area (Å²) >= 11 is 0. The lowest BCUT2D eigenvalue weighted by Crippen LogP contribution is -2.12. The monoisotopic (exact) mass is 306 g/mol. The average Bonchev–Trinajstić information content (AvgIpc) is 2.61. The first kappa shape index (κ1) is 15.0. The molecule has 116 valence electrons. The largest absolute Gasteiger partial charge is 0.497 e. The average molecular weight is 306 g/mol. The molecule has 3 aromatic rings. The van der Waals surface area contributed by atoms with E-state index in [0.717, 1.165) is 27.9 Å². The molecule has 0 spiro atoms. The Morgan fingerprint density at radius 3 is 2.70 bits per heavy atom. The highest BCUT2D eigenvalue weighted by Crippen LogP contribution is 2.21. The fraction of sp³-hybridized carbons (Fsp3) is 0.158. The Hall–Kier alpha value is -2.88. The van der Waals surface area contributed by atoms with Crippen molar-refractivity contribution in [2.75, 3.05) is 12.4 Å². The van der Waals surface area contributed by atoms with E-state index in [1.54, 1.807) is 13.3 Å². The van der Waals surface area contributed by atoms with Crippen molar-refractivity contribution >= 4 is 22.5 Å². The standard InChI is InChI=1S/C19H18N2O2/c1-23-15-10-7-14(8-11-15)9-12-19(22)21-18-6-2-5-17-16(18)4-3-13-20-17/h2-8,10-11,13H,9,12H2,1H3,(H,21,22). The van der Waals surface area contributed by atoms with E-state index in [-0.39, 0.29) is 5.91 Å². The molecule has 1 amide bonds. The zero-order valence-electron chi connectivity index (χ0n) is 13.0. The summed E-state index contributed by atoms with van der Waals surface area (Å²) in [5.41, 5.74) is 2.79. The number of fused-ring (bicyclic) bond motifs is 1. The number of hydrogen-bond donors (Lipinski definition) is 1. The molecule has 1 N–H and O–H groups in total. The molecule has 1 aromatic heterocycles. The number of carbonyl (C=O) groups is 1. The molecule has 0 unspecified atom stereocenters. The van der Waals surface area contributed by atoms with Crippen LogP contribution in [0.1, 0.15) is 12.0 Å². The van der Waals surface area contributed by atoms with Crippen LogP contribution >= 0.6 is 0 Å². The van der Waals surface area contributed by atoms with Gasteiger partial charge in [0.1, 0.15) is 5.75 Å². The lowest BCUT2D eigenvalue weighted by Gasteiger charge is -2.08. The molecule has 0 aliphatic heterocycles. The first-order valence-corrected chi connectivity index (χ1v) is 7.53. The molecule has 4 heteroatoms. The summed E-state index contributed by atoms with van der Waals surface area (Å²) in [6, 6.07) is 17.3. The Bertz CT molecular complexity index is 808. The number of ether oxygens (including phenoxy) is 1. The summed E-state index contributed by atoms with van der Waals surface area (Å²) in [4.78, 5) is 16.5. The van der Waals surface area contributed by atoms with Crippen LogP contribution in [0.25, 0.3) is 10.9 Å².